The van der Waals surface area contributed by atoms with Crippen LogP contribution in [0.25, 0.3) is 0 Å². The Kier molecular flexibility index (Phi) is 10.9. The summed E-state index contributed by atoms with van der Waals surface area (Å²) in [6.07, 6.45) is 10.3. The fourth-order valence-electron chi connectivity index (χ4n) is 4.13. The predicted octanol–water partition coefficient (Wildman–Crippen LogP) is 2.78. The molecule has 6 nitrogen and oxygen atoms in total. The topological polar surface area (TPSA) is 51.2 Å². The molecule has 0 spiro atoms. The van der Waals surface area contributed by atoms with Crippen LogP contribution in [-0.4, -0.2) is 85.5 Å². The van der Waals surface area contributed by atoms with E-state index in [1.54, 1.807) is 0 Å². The van der Waals surface area contributed by atoms with Crippen LogP contribution in [0.2, 0.25) is 0 Å². The maximum atomic E-state index is 12.6. The van der Waals surface area contributed by atoms with E-state index in [-0.39, 0.29) is 24.0 Å². The fraction of sp³-hybridized carbons (Fsp3) is 0.905. The summed E-state index contributed by atoms with van der Waals surface area (Å²) >= 11 is 0. The second-order valence-electron chi connectivity index (χ2n) is 8.38. The first-order chi connectivity index (χ1) is 13.3. The molecule has 2 saturated heterocycles. The number of guanidine groups is 1. The molecule has 3 fully saturated rings. The first-order valence-electron chi connectivity index (χ1n) is 11.3. The Morgan fingerprint density at radius 3 is 2.25 bits per heavy atom. The van der Waals surface area contributed by atoms with Crippen molar-refractivity contribution in [3.63, 3.8) is 0 Å². The van der Waals surface area contributed by atoms with Crippen LogP contribution < -0.4 is 5.32 Å². The molecule has 3 aliphatic rings. The van der Waals surface area contributed by atoms with Crippen molar-refractivity contribution in [3.05, 3.63) is 0 Å². The Morgan fingerprint density at radius 2 is 1.64 bits per heavy atom. The van der Waals surface area contributed by atoms with Gasteiger partial charge in [0.05, 0.1) is 6.54 Å². The van der Waals surface area contributed by atoms with Crippen LogP contribution in [0.4, 0.5) is 0 Å². The molecule has 1 N–H and O–H groups in total. The van der Waals surface area contributed by atoms with Crippen molar-refractivity contribution in [1.29, 1.82) is 0 Å². The summed E-state index contributed by atoms with van der Waals surface area (Å²) in [6.45, 7) is 10.3. The number of likely N-dealkylation sites (tertiary alicyclic amines) is 1. The molecular formula is C21H40IN5O. The number of nitrogens with one attached hydrogen (secondary N) is 1. The smallest absolute Gasteiger partial charge is 0.236 e. The maximum Gasteiger partial charge on any atom is 0.236 e. The van der Waals surface area contributed by atoms with Gasteiger partial charge in [-0.1, -0.05) is 25.7 Å². The van der Waals surface area contributed by atoms with Crippen LogP contribution in [0.1, 0.15) is 58.3 Å². The number of halogens is 1. The van der Waals surface area contributed by atoms with Crippen molar-refractivity contribution in [2.75, 3.05) is 58.9 Å². The summed E-state index contributed by atoms with van der Waals surface area (Å²) in [5.41, 5.74) is 0. The summed E-state index contributed by atoms with van der Waals surface area (Å²) in [5.74, 6) is 2.38. The maximum absolute atomic E-state index is 12.6. The summed E-state index contributed by atoms with van der Waals surface area (Å²) < 4.78 is 0. The highest BCUT2D eigenvalue weighted by Crippen LogP contribution is 2.33. The van der Waals surface area contributed by atoms with Gasteiger partial charge < -0.3 is 15.1 Å². The van der Waals surface area contributed by atoms with E-state index in [0.717, 1.165) is 64.2 Å². The summed E-state index contributed by atoms with van der Waals surface area (Å²) in [7, 11) is 0. The zero-order valence-electron chi connectivity index (χ0n) is 17.7. The van der Waals surface area contributed by atoms with Gasteiger partial charge in [0.2, 0.25) is 5.91 Å². The Balaban J connectivity index is 0.00000280. The molecule has 0 aromatic heterocycles. The molecule has 0 radical (unpaired) electrons. The molecule has 2 heterocycles. The van der Waals surface area contributed by atoms with Crippen LogP contribution in [0, 0.1) is 5.92 Å². The lowest BCUT2D eigenvalue weighted by molar-refractivity contribution is -0.132. The molecule has 7 heteroatoms. The van der Waals surface area contributed by atoms with Crippen molar-refractivity contribution in [2.24, 2.45) is 10.9 Å². The van der Waals surface area contributed by atoms with Gasteiger partial charge in [-0.25, -0.2) is 0 Å². The number of carbonyl (C=O) groups is 1. The van der Waals surface area contributed by atoms with Crippen molar-refractivity contribution >= 4 is 35.8 Å². The van der Waals surface area contributed by atoms with Gasteiger partial charge in [-0.15, -0.1) is 24.0 Å². The number of amides is 1. The Hall–Kier alpha value is -0.570. The monoisotopic (exact) mass is 505 g/mol. The minimum atomic E-state index is 0. The zero-order chi connectivity index (χ0) is 18.9. The zero-order valence-corrected chi connectivity index (χ0v) is 20.0. The number of piperazine rings is 1. The summed E-state index contributed by atoms with van der Waals surface area (Å²) in [4.78, 5) is 24.2. The van der Waals surface area contributed by atoms with Crippen LogP contribution in [0.5, 0.6) is 0 Å². The summed E-state index contributed by atoms with van der Waals surface area (Å²) in [5, 5.41) is 3.45. The van der Waals surface area contributed by atoms with E-state index in [2.05, 4.69) is 26.9 Å². The van der Waals surface area contributed by atoms with E-state index >= 15 is 0 Å². The molecule has 0 aromatic rings. The van der Waals surface area contributed by atoms with Gasteiger partial charge in [-0.3, -0.25) is 14.7 Å². The first-order valence-corrected chi connectivity index (χ1v) is 11.3. The van der Waals surface area contributed by atoms with Crippen molar-refractivity contribution < 1.29 is 4.79 Å². The van der Waals surface area contributed by atoms with E-state index in [4.69, 9.17) is 4.99 Å². The minimum absolute atomic E-state index is 0. The van der Waals surface area contributed by atoms with Crippen LogP contribution in [0.15, 0.2) is 4.99 Å². The number of aliphatic imine (C=N–C) groups is 1. The van der Waals surface area contributed by atoms with Gasteiger partial charge in [-0.05, 0) is 38.5 Å². The van der Waals surface area contributed by atoms with E-state index < -0.39 is 0 Å². The Bertz CT molecular complexity index is 481. The highest BCUT2D eigenvalue weighted by atomic mass is 127. The minimum Gasteiger partial charge on any atom is -0.357 e. The largest absolute Gasteiger partial charge is 0.357 e. The van der Waals surface area contributed by atoms with Gasteiger partial charge in [0, 0.05) is 52.4 Å². The molecular weight excluding hydrogens is 465 g/mol. The first kappa shape index (κ1) is 23.7. The molecule has 1 aliphatic carbocycles. The Labute approximate surface area is 188 Å². The number of carbonyl (C=O) groups excluding carboxylic acids is 1. The molecule has 0 unspecified atom stereocenters. The second kappa shape index (κ2) is 12.9. The van der Waals surface area contributed by atoms with E-state index in [0.29, 0.717) is 12.5 Å². The molecule has 0 aromatic carbocycles. The number of rotatable bonds is 7. The number of nitrogens with zero attached hydrogens (tertiary/aromatic N) is 4. The quantitative estimate of drug-likeness (QED) is 0.250. The van der Waals surface area contributed by atoms with E-state index in [1.807, 2.05) is 0 Å². The standard InChI is InChI=1S/C21H39N5O.HI/c1-2-22-21(23-11-7-8-19-9-10-19)26-16-14-24(15-17-26)18-20(27)25-12-5-3-4-6-13-25;/h19H,2-18H2,1H3,(H,22,23);1H. The van der Waals surface area contributed by atoms with Crippen LogP contribution in [0.3, 0.4) is 0 Å². The summed E-state index contributed by atoms with van der Waals surface area (Å²) in [6, 6.07) is 0. The number of hydrogen-bond donors (Lipinski definition) is 1. The lowest BCUT2D eigenvalue weighted by Crippen LogP contribution is -2.54. The molecule has 0 bridgehead atoms. The molecule has 2 aliphatic heterocycles. The third-order valence-corrected chi connectivity index (χ3v) is 6.05. The molecule has 1 saturated carbocycles. The van der Waals surface area contributed by atoms with Gasteiger partial charge in [-0.2, -0.15) is 0 Å². The molecule has 0 atom stereocenters. The lowest BCUT2D eigenvalue weighted by Gasteiger charge is -2.37. The van der Waals surface area contributed by atoms with Gasteiger partial charge >= 0.3 is 0 Å². The van der Waals surface area contributed by atoms with Crippen molar-refractivity contribution in [3.8, 4) is 0 Å². The molecule has 28 heavy (non-hydrogen) atoms. The SMILES string of the molecule is CCNC(=NCCCC1CC1)N1CCN(CC(=O)N2CCCCCC2)CC1.I. The Morgan fingerprint density at radius 1 is 0.964 bits per heavy atom. The van der Waals surface area contributed by atoms with Gasteiger partial charge in [0.1, 0.15) is 0 Å². The lowest BCUT2D eigenvalue weighted by atomic mass is 10.2. The predicted molar refractivity (Wildman–Crippen MR) is 126 cm³/mol. The van der Waals surface area contributed by atoms with Gasteiger partial charge in [0.25, 0.3) is 0 Å². The van der Waals surface area contributed by atoms with Crippen molar-refractivity contribution in [2.45, 2.75) is 58.3 Å². The van der Waals surface area contributed by atoms with E-state index in [9.17, 15) is 4.79 Å². The van der Waals surface area contributed by atoms with Crippen LogP contribution >= 0.6 is 24.0 Å². The number of hydrogen-bond acceptors (Lipinski definition) is 3. The highest BCUT2D eigenvalue weighted by Gasteiger charge is 2.24. The second-order valence-corrected chi connectivity index (χ2v) is 8.38. The van der Waals surface area contributed by atoms with E-state index in [1.165, 1.54) is 51.4 Å². The highest BCUT2D eigenvalue weighted by molar-refractivity contribution is 14.0. The normalized spacial score (nSPS) is 21.8. The average Bonchev–Trinajstić information content (AvgIpc) is 3.51. The van der Waals surface area contributed by atoms with Crippen LogP contribution in [-0.2, 0) is 4.79 Å². The molecule has 1 amide bonds. The average molecular weight is 505 g/mol. The fourth-order valence-corrected chi connectivity index (χ4v) is 4.13. The third-order valence-electron chi connectivity index (χ3n) is 6.05. The third kappa shape index (κ3) is 8.05. The molecule has 3 rings (SSSR count). The molecule has 162 valence electrons. The van der Waals surface area contributed by atoms with Gasteiger partial charge in [0.15, 0.2) is 5.96 Å². The van der Waals surface area contributed by atoms with Crippen molar-refractivity contribution in [1.82, 2.24) is 20.0 Å².